The number of thiazole rings is 1. The van der Waals surface area contributed by atoms with E-state index in [1.54, 1.807) is 19.1 Å². The molecule has 0 spiro atoms. The SMILES string of the molecule is COc1ccc2c(O[C@@H]3C[C@H]4C(=O)C[C@@]5(C(=O)NS(=O)(=O)C6CC6)C[C@@H]5/C=C\CCCCN(C)C(=O)[C@@H]4C3)cc(-c3nc(C(C)C)cs3)nc2c1C. The van der Waals surface area contributed by atoms with E-state index in [-0.39, 0.29) is 29.9 Å². The smallest absolute Gasteiger partial charge is 0.240 e. The Bertz CT molecular complexity index is 2040. The maximum absolute atomic E-state index is 14.4. The summed E-state index contributed by atoms with van der Waals surface area (Å²) >= 11 is 1.52. The van der Waals surface area contributed by atoms with Crippen LogP contribution in [0, 0.1) is 30.1 Å². The minimum atomic E-state index is -3.79. The lowest BCUT2D eigenvalue weighted by Crippen LogP contribution is -2.42. The van der Waals surface area contributed by atoms with Crippen molar-refractivity contribution in [2.24, 2.45) is 23.2 Å². The lowest BCUT2D eigenvalue weighted by molar-refractivity contribution is -0.140. The quantitative estimate of drug-likeness (QED) is 0.261. The second-order valence-corrected chi connectivity index (χ2v) is 18.2. The summed E-state index contributed by atoms with van der Waals surface area (Å²) in [6.07, 6.45) is 7.95. The third-order valence-electron chi connectivity index (χ3n) is 11.4. The number of methoxy groups -OCH3 is 1. The monoisotopic (exact) mass is 748 g/mol. The van der Waals surface area contributed by atoms with Gasteiger partial charge in [0.05, 0.1) is 34.9 Å². The Kier molecular flexibility index (Phi) is 9.96. The van der Waals surface area contributed by atoms with Crippen LogP contribution in [-0.2, 0) is 24.4 Å². The van der Waals surface area contributed by atoms with Crippen molar-refractivity contribution in [3.63, 3.8) is 0 Å². The van der Waals surface area contributed by atoms with Crippen LogP contribution in [0.25, 0.3) is 21.6 Å². The molecule has 3 saturated carbocycles. The largest absolute Gasteiger partial charge is 0.496 e. The predicted octanol–water partition coefficient (Wildman–Crippen LogP) is 6.34. The fraction of sp³-hybridized carbons (Fsp3) is 0.564. The van der Waals surface area contributed by atoms with Crippen molar-refractivity contribution in [2.45, 2.75) is 95.8 Å². The van der Waals surface area contributed by atoms with E-state index in [0.717, 1.165) is 46.4 Å². The number of allylic oxidation sites excluding steroid dienone is 2. The van der Waals surface area contributed by atoms with E-state index in [1.807, 2.05) is 42.7 Å². The zero-order valence-electron chi connectivity index (χ0n) is 30.5. The van der Waals surface area contributed by atoms with Crippen molar-refractivity contribution in [2.75, 3.05) is 20.7 Å². The number of hydrogen-bond acceptors (Lipinski definition) is 10. The molecule has 2 aromatic heterocycles. The standard InChI is InChI=1S/C39H48N4O7S2/c1-22(2)31-21-51-36(41-31)30-18-34(27-13-14-33(49-5)23(3)35(27)40-30)50-25-16-28-29(17-25)37(45)43(4)15-9-7-6-8-10-24-19-39(24,20-32(28)44)38(46)42-52(47,48)26-11-12-26/h8,10,13-14,18,21-22,24-26,28-29H,6-7,9,11-12,15-17,19-20H2,1-5H3,(H,42,46)/b10-8-/t24-,25+,28+,29+,39-/m0/s1. The number of ether oxygens (including phenoxy) is 2. The Labute approximate surface area is 309 Å². The molecule has 11 nitrogen and oxygen atoms in total. The number of aromatic nitrogens is 2. The highest BCUT2D eigenvalue weighted by atomic mass is 32.2. The number of Topliss-reactive ketones (excluding diaryl/α,β-unsaturated/α-hetero) is 1. The van der Waals surface area contributed by atoms with Crippen LogP contribution in [0.1, 0.15) is 88.8 Å². The number of nitrogens with one attached hydrogen (secondary N) is 1. The first-order valence-electron chi connectivity index (χ1n) is 18.4. The Balaban J connectivity index is 1.21. The van der Waals surface area contributed by atoms with Gasteiger partial charge in [-0.25, -0.2) is 18.4 Å². The molecule has 52 heavy (non-hydrogen) atoms. The molecule has 3 aromatic rings. The molecule has 5 atom stereocenters. The van der Waals surface area contributed by atoms with Crippen LogP contribution >= 0.6 is 11.3 Å². The average molecular weight is 749 g/mol. The van der Waals surface area contributed by atoms with Crippen LogP contribution in [0.15, 0.2) is 35.7 Å². The van der Waals surface area contributed by atoms with Crippen LogP contribution in [0.3, 0.4) is 0 Å². The molecule has 0 unspecified atom stereocenters. The number of carbonyl (C=O) groups is 3. The Morgan fingerprint density at radius 3 is 2.58 bits per heavy atom. The number of hydrogen-bond donors (Lipinski definition) is 1. The molecule has 0 saturated heterocycles. The van der Waals surface area contributed by atoms with Gasteiger partial charge < -0.3 is 14.4 Å². The molecule has 1 aliphatic heterocycles. The first-order chi connectivity index (χ1) is 24.8. The summed E-state index contributed by atoms with van der Waals surface area (Å²) in [7, 11) is -0.379. The van der Waals surface area contributed by atoms with E-state index >= 15 is 0 Å². The second-order valence-electron chi connectivity index (χ2n) is 15.4. The molecule has 1 N–H and O–H groups in total. The van der Waals surface area contributed by atoms with Gasteiger partial charge in [0.2, 0.25) is 21.8 Å². The van der Waals surface area contributed by atoms with Crippen LogP contribution in [-0.4, -0.2) is 72.9 Å². The molecule has 0 radical (unpaired) electrons. The van der Waals surface area contributed by atoms with Gasteiger partial charge in [0.15, 0.2) is 0 Å². The normalized spacial score (nSPS) is 27.5. The first-order valence-corrected chi connectivity index (χ1v) is 20.8. The molecule has 3 fully saturated rings. The highest BCUT2D eigenvalue weighted by molar-refractivity contribution is 7.90. The Morgan fingerprint density at radius 1 is 1.10 bits per heavy atom. The number of amides is 2. The number of pyridine rings is 1. The van der Waals surface area contributed by atoms with Crippen molar-refractivity contribution >= 4 is 49.9 Å². The van der Waals surface area contributed by atoms with Crippen LogP contribution in [0.4, 0.5) is 0 Å². The molecule has 7 rings (SSSR count). The zero-order valence-corrected chi connectivity index (χ0v) is 32.1. The average Bonchev–Trinajstić information content (AvgIpc) is 3.98. The van der Waals surface area contributed by atoms with Gasteiger partial charge in [0.25, 0.3) is 0 Å². The van der Waals surface area contributed by atoms with Crippen molar-refractivity contribution in [3.05, 3.63) is 47.0 Å². The van der Waals surface area contributed by atoms with E-state index in [2.05, 4.69) is 18.6 Å². The summed E-state index contributed by atoms with van der Waals surface area (Å²) in [5.41, 5.74) is 2.08. The molecule has 3 heterocycles. The minimum absolute atomic E-state index is 0.107. The lowest BCUT2D eigenvalue weighted by atomic mass is 9.84. The van der Waals surface area contributed by atoms with Crippen molar-refractivity contribution in [1.29, 1.82) is 0 Å². The van der Waals surface area contributed by atoms with Crippen molar-refractivity contribution < 1.29 is 32.3 Å². The zero-order chi connectivity index (χ0) is 36.9. The summed E-state index contributed by atoms with van der Waals surface area (Å²) in [5, 5.41) is 3.04. The Hall–Kier alpha value is -3.84. The minimum Gasteiger partial charge on any atom is -0.496 e. The summed E-state index contributed by atoms with van der Waals surface area (Å²) in [5.74, 6) is -0.909. The number of carbonyl (C=O) groups excluding carboxylic acids is 3. The van der Waals surface area contributed by atoms with Crippen LogP contribution in [0.2, 0.25) is 0 Å². The molecular weight excluding hydrogens is 701 g/mol. The summed E-state index contributed by atoms with van der Waals surface area (Å²) in [6, 6.07) is 5.70. The van der Waals surface area contributed by atoms with Gasteiger partial charge in [-0.3, -0.25) is 19.1 Å². The molecule has 1 aromatic carbocycles. The van der Waals surface area contributed by atoms with Crippen molar-refractivity contribution in [3.8, 4) is 22.2 Å². The van der Waals surface area contributed by atoms with Gasteiger partial charge in [0, 0.05) is 48.3 Å². The number of nitrogens with zero attached hydrogens (tertiary/aromatic N) is 3. The first kappa shape index (κ1) is 36.5. The summed E-state index contributed by atoms with van der Waals surface area (Å²) in [4.78, 5) is 53.7. The Morgan fingerprint density at radius 2 is 1.87 bits per heavy atom. The van der Waals surface area contributed by atoms with E-state index in [9.17, 15) is 22.8 Å². The fourth-order valence-corrected chi connectivity index (χ4v) is 10.2. The number of fused-ring (bicyclic) bond motifs is 3. The van der Waals surface area contributed by atoms with Crippen molar-refractivity contribution in [1.82, 2.24) is 19.6 Å². The molecule has 278 valence electrons. The van der Waals surface area contributed by atoms with E-state index in [4.69, 9.17) is 19.4 Å². The third-order valence-corrected chi connectivity index (χ3v) is 14.1. The van der Waals surface area contributed by atoms with Gasteiger partial charge in [-0.15, -0.1) is 11.3 Å². The molecule has 13 heteroatoms. The third kappa shape index (κ3) is 7.10. The maximum Gasteiger partial charge on any atom is 0.240 e. The highest BCUT2D eigenvalue weighted by Crippen LogP contribution is 2.58. The highest BCUT2D eigenvalue weighted by Gasteiger charge is 2.61. The van der Waals surface area contributed by atoms with Crippen LogP contribution in [0.5, 0.6) is 11.5 Å². The van der Waals surface area contributed by atoms with E-state index in [0.29, 0.717) is 55.8 Å². The lowest BCUT2D eigenvalue weighted by Gasteiger charge is -2.26. The summed E-state index contributed by atoms with van der Waals surface area (Å²) < 4.78 is 40.4. The number of benzene rings is 1. The maximum atomic E-state index is 14.4. The number of aryl methyl sites for hydroxylation is 1. The van der Waals surface area contributed by atoms with Gasteiger partial charge in [-0.2, -0.15) is 0 Å². The predicted molar refractivity (Wildman–Crippen MR) is 200 cm³/mol. The topological polar surface area (TPSA) is 145 Å². The van der Waals surface area contributed by atoms with E-state index < -0.39 is 44.5 Å². The van der Waals surface area contributed by atoms with Gasteiger partial charge >= 0.3 is 0 Å². The summed E-state index contributed by atoms with van der Waals surface area (Å²) in [6.45, 7) is 6.73. The fourth-order valence-electron chi connectivity index (χ4n) is 7.90. The van der Waals surface area contributed by atoms with Gasteiger partial charge in [0.1, 0.15) is 34.1 Å². The van der Waals surface area contributed by atoms with Crippen LogP contribution < -0.4 is 14.2 Å². The number of sulfonamides is 1. The van der Waals surface area contributed by atoms with Gasteiger partial charge in [-0.1, -0.05) is 26.0 Å². The molecule has 4 aliphatic rings. The molecule has 2 amide bonds. The second kappa shape index (κ2) is 14.2. The van der Waals surface area contributed by atoms with Gasteiger partial charge in [-0.05, 0) is 82.3 Å². The van der Waals surface area contributed by atoms with E-state index in [1.165, 1.54) is 11.3 Å². The number of ketones is 1. The molecule has 0 bridgehead atoms. The number of rotatable bonds is 8. The molecular formula is C39H48N4O7S2. The molecule has 3 aliphatic carbocycles.